The zero-order chi connectivity index (χ0) is 13.9. The third kappa shape index (κ3) is 2.38. The van der Waals surface area contributed by atoms with E-state index >= 15 is 0 Å². The van der Waals surface area contributed by atoms with Crippen LogP contribution >= 0.6 is 0 Å². The number of rotatable bonds is 4. The summed E-state index contributed by atoms with van der Waals surface area (Å²) in [6, 6.07) is 13.6. The van der Waals surface area contributed by atoms with Gasteiger partial charge in [0.2, 0.25) is 0 Å². The third-order valence-corrected chi connectivity index (χ3v) is 3.21. The largest absolute Gasteiger partial charge is 0.485 e. The van der Waals surface area contributed by atoms with Gasteiger partial charge in [0.05, 0.1) is 12.3 Å². The van der Waals surface area contributed by atoms with Gasteiger partial charge in [0.15, 0.2) is 5.76 Å². The summed E-state index contributed by atoms with van der Waals surface area (Å²) >= 11 is 0. The normalized spacial score (nSPS) is 12.5. The smallest absolute Gasteiger partial charge is 0.174 e. The van der Waals surface area contributed by atoms with Crippen LogP contribution in [-0.2, 0) is 6.61 Å². The molecule has 0 spiro atoms. The Morgan fingerprint density at radius 3 is 2.80 bits per heavy atom. The standard InChI is InChI=1S/C16H15NO3/c1-11(18)14-7-6-12-4-2-3-5-15(12)16(14)19-10-13-8-9-17-20-13/h2-9,11,18H,10H2,1H3/t11-/m0/s1. The second kappa shape index (κ2) is 5.35. The molecule has 20 heavy (non-hydrogen) atoms. The van der Waals surface area contributed by atoms with Crippen LogP contribution in [0.1, 0.15) is 24.4 Å². The Morgan fingerprint density at radius 2 is 2.05 bits per heavy atom. The van der Waals surface area contributed by atoms with E-state index in [1.54, 1.807) is 19.2 Å². The lowest BCUT2D eigenvalue weighted by atomic mass is 10.0. The third-order valence-electron chi connectivity index (χ3n) is 3.21. The number of aromatic nitrogens is 1. The molecule has 1 heterocycles. The van der Waals surface area contributed by atoms with Crippen molar-refractivity contribution >= 4 is 10.8 Å². The molecule has 1 aromatic heterocycles. The van der Waals surface area contributed by atoms with Gasteiger partial charge in [-0.15, -0.1) is 0 Å². The van der Waals surface area contributed by atoms with E-state index in [1.165, 1.54) is 0 Å². The first-order valence-electron chi connectivity index (χ1n) is 6.48. The monoisotopic (exact) mass is 269 g/mol. The number of aliphatic hydroxyl groups excluding tert-OH is 1. The van der Waals surface area contributed by atoms with Crippen molar-refractivity contribution < 1.29 is 14.4 Å². The molecule has 0 radical (unpaired) electrons. The van der Waals surface area contributed by atoms with Crippen LogP contribution in [0.15, 0.2) is 53.2 Å². The first-order chi connectivity index (χ1) is 9.75. The fourth-order valence-corrected chi connectivity index (χ4v) is 2.21. The lowest BCUT2D eigenvalue weighted by molar-refractivity contribution is 0.187. The first kappa shape index (κ1) is 12.7. The van der Waals surface area contributed by atoms with Gasteiger partial charge < -0.3 is 14.4 Å². The fraction of sp³-hybridized carbons (Fsp3) is 0.188. The van der Waals surface area contributed by atoms with Crippen molar-refractivity contribution in [2.45, 2.75) is 19.6 Å². The van der Waals surface area contributed by atoms with Gasteiger partial charge in [0, 0.05) is 17.0 Å². The van der Waals surface area contributed by atoms with Crippen LogP contribution in [0.25, 0.3) is 10.8 Å². The van der Waals surface area contributed by atoms with Gasteiger partial charge in [-0.2, -0.15) is 0 Å². The highest BCUT2D eigenvalue weighted by Crippen LogP contribution is 2.34. The summed E-state index contributed by atoms with van der Waals surface area (Å²) < 4.78 is 10.9. The van der Waals surface area contributed by atoms with Crippen LogP contribution in [-0.4, -0.2) is 10.3 Å². The van der Waals surface area contributed by atoms with Gasteiger partial charge in [-0.05, 0) is 12.3 Å². The van der Waals surface area contributed by atoms with Crippen LogP contribution in [0, 0.1) is 0 Å². The molecule has 0 fully saturated rings. The molecule has 2 aromatic carbocycles. The predicted molar refractivity (Wildman–Crippen MR) is 75.4 cm³/mol. The molecule has 4 nitrogen and oxygen atoms in total. The molecule has 1 N–H and O–H groups in total. The Labute approximate surface area is 116 Å². The van der Waals surface area contributed by atoms with E-state index < -0.39 is 6.10 Å². The number of ether oxygens (including phenoxy) is 1. The van der Waals surface area contributed by atoms with E-state index in [0.29, 0.717) is 11.5 Å². The summed E-state index contributed by atoms with van der Waals surface area (Å²) in [7, 11) is 0. The van der Waals surface area contributed by atoms with E-state index in [0.717, 1.165) is 16.3 Å². The number of nitrogens with zero attached hydrogens (tertiary/aromatic N) is 1. The summed E-state index contributed by atoms with van der Waals surface area (Å²) in [5.41, 5.74) is 0.767. The lowest BCUT2D eigenvalue weighted by Crippen LogP contribution is -2.01. The van der Waals surface area contributed by atoms with Crippen molar-refractivity contribution in [3.8, 4) is 5.75 Å². The molecule has 0 aliphatic carbocycles. The van der Waals surface area contributed by atoms with E-state index in [1.807, 2.05) is 36.4 Å². The van der Waals surface area contributed by atoms with Gasteiger partial charge >= 0.3 is 0 Å². The molecular weight excluding hydrogens is 254 g/mol. The Morgan fingerprint density at radius 1 is 1.20 bits per heavy atom. The van der Waals surface area contributed by atoms with Crippen molar-refractivity contribution in [1.29, 1.82) is 0 Å². The SMILES string of the molecule is C[C@H](O)c1ccc2ccccc2c1OCc1ccno1. The molecule has 0 saturated carbocycles. The Kier molecular flexibility index (Phi) is 3.39. The molecule has 0 bridgehead atoms. The average molecular weight is 269 g/mol. The molecule has 1 atom stereocenters. The maximum absolute atomic E-state index is 9.91. The number of fused-ring (bicyclic) bond motifs is 1. The second-order valence-corrected chi connectivity index (χ2v) is 4.65. The van der Waals surface area contributed by atoms with E-state index in [-0.39, 0.29) is 6.61 Å². The zero-order valence-electron chi connectivity index (χ0n) is 11.1. The lowest BCUT2D eigenvalue weighted by Gasteiger charge is -2.15. The summed E-state index contributed by atoms with van der Waals surface area (Å²) in [6.45, 7) is 2.01. The van der Waals surface area contributed by atoms with Crippen LogP contribution < -0.4 is 4.74 Å². The Bertz CT molecular complexity index is 705. The fourth-order valence-electron chi connectivity index (χ4n) is 2.21. The van der Waals surface area contributed by atoms with Gasteiger partial charge in [0.25, 0.3) is 0 Å². The summed E-state index contributed by atoms with van der Waals surface area (Å²) in [5.74, 6) is 1.34. The molecular formula is C16H15NO3. The quantitative estimate of drug-likeness (QED) is 0.788. The highest BCUT2D eigenvalue weighted by Gasteiger charge is 2.13. The average Bonchev–Trinajstić information content (AvgIpc) is 2.97. The van der Waals surface area contributed by atoms with E-state index in [2.05, 4.69) is 5.16 Å². The molecule has 102 valence electrons. The van der Waals surface area contributed by atoms with Gasteiger partial charge in [-0.1, -0.05) is 41.6 Å². The Balaban J connectivity index is 2.03. The van der Waals surface area contributed by atoms with Gasteiger partial charge in [0.1, 0.15) is 12.4 Å². The maximum atomic E-state index is 9.91. The number of benzene rings is 2. The summed E-state index contributed by atoms with van der Waals surface area (Å²) in [5, 5.41) is 15.6. The van der Waals surface area contributed by atoms with Crippen LogP contribution in [0.3, 0.4) is 0 Å². The molecule has 3 rings (SSSR count). The minimum atomic E-state index is -0.593. The highest BCUT2D eigenvalue weighted by atomic mass is 16.5. The van der Waals surface area contributed by atoms with Gasteiger partial charge in [-0.25, -0.2) is 0 Å². The molecule has 4 heteroatoms. The van der Waals surface area contributed by atoms with Gasteiger partial charge in [-0.3, -0.25) is 0 Å². The van der Waals surface area contributed by atoms with Crippen molar-refractivity contribution in [2.24, 2.45) is 0 Å². The molecule has 3 aromatic rings. The first-order valence-corrected chi connectivity index (χ1v) is 6.48. The predicted octanol–water partition coefficient (Wildman–Crippen LogP) is 3.46. The summed E-state index contributed by atoms with van der Waals surface area (Å²) in [4.78, 5) is 0. The Hall–Kier alpha value is -2.33. The van der Waals surface area contributed by atoms with Crippen molar-refractivity contribution in [3.63, 3.8) is 0 Å². The molecule has 0 saturated heterocycles. The zero-order valence-corrected chi connectivity index (χ0v) is 11.1. The maximum Gasteiger partial charge on any atom is 0.174 e. The number of hydrogen-bond acceptors (Lipinski definition) is 4. The topological polar surface area (TPSA) is 55.5 Å². The molecule has 0 aliphatic heterocycles. The van der Waals surface area contributed by atoms with E-state index in [4.69, 9.17) is 9.26 Å². The van der Waals surface area contributed by atoms with Crippen LogP contribution in [0.2, 0.25) is 0 Å². The van der Waals surface area contributed by atoms with Crippen molar-refractivity contribution in [1.82, 2.24) is 5.16 Å². The van der Waals surface area contributed by atoms with E-state index in [9.17, 15) is 5.11 Å². The summed E-state index contributed by atoms with van der Waals surface area (Å²) in [6.07, 6.45) is 0.988. The second-order valence-electron chi connectivity index (χ2n) is 4.65. The van der Waals surface area contributed by atoms with Crippen molar-refractivity contribution in [2.75, 3.05) is 0 Å². The number of hydrogen-bond donors (Lipinski definition) is 1. The van der Waals surface area contributed by atoms with Crippen LogP contribution in [0.4, 0.5) is 0 Å². The van der Waals surface area contributed by atoms with Crippen molar-refractivity contribution in [3.05, 3.63) is 60.0 Å². The number of aliphatic hydroxyl groups is 1. The molecule has 0 unspecified atom stereocenters. The minimum Gasteiger partial charge on any atom is -0.485 e. The molecule has 0 amide bonds. The minimum absolute atomic E-state index is 0.285. The highest BCUT2D eigenvalue weighted by molar-refractivity contribution is 5.89. The molecule has 0 aliphatic rings. The van der Waals surface area contributed by atoms with Crippen LogP contribution in [0.5, 0.6) is 5.75 Å².